The molecule has 1 aliphatic carbocycles. The van der Waals surface area contributed by atoms with E-state index >= 15 is 0 Å². The van der Waals surface area contributed by atoms with Gasteiger partial charge < -0.3 is 4.90 Å². The van der Waals surface area contributed by atoms with Crippen LogP contribution in [-0.4, -0.2) is 24.0 Å². The monoisotopic (exact) mass is 195 g/mol. The Kier molecular flexibility index (Phi) is 2.88. The van der Waals surface area contributed by atoms with Crippen molar-refractivity contribution in [1.82, 2.24) is 4.90 Å². The van der Waals surface area contributed by atoms with Crippen LogP contribution in [0.15, 0.2) is 0 Å². The molecule has 82 valence electrons. The van der Waals surface area contributed by atoms with E-state index in [1.165, 1.54) is 45.1 Å². The van der Waals surface area contributed by atoms with Gasteiger partial charge in [0.05, 0.1) is 0 Å². The van der Waals surface area contributed by atoms with Crippen molar-refractivity contribution in [2.24, 2.45) is 11.8 Å². The average molecular weight is 195 g/mol. The largest absolute Gasteiger partial charge is 0.301 e. The van der Waals surface area contributed by atoms with Crippen molar-refractivity contribution in [3.05, 3.63) is 0 Å². The Labute approximate surface area is 88.9 Å². The number of likely N-dealkylation sites (tertiary alicyclic amines) is 1. The third-order valence-corrected chi connectivity index (χ3v) is 4.93. The van der Waals surface area contributed by atoms with E-state index in [-0.39, 0.29) is 0 Å². The molecule has 2 aliphatic rings. The summed E-state index contributed by atoms with van der Waals surface area (Å²) in [7, 11) is 2.34. The summed E-state index contributed by atoms with van der Waals surface area (Å²) < 4.78 is 0. The lowest BCUT2D eigenvalue weighted by Gasteiger charge is -2.57. The first-order valence-corrected chi connectivity index (χ1v) is 6.39. The van der Waals surface area contributed by atoms with E-state index in [9.17, 15) is 0 Å². The molecule has 2 rings (SSSR count). The molecule has 0 aromatic rings. The third-order valence-electron chi connectivity index (χ3n) is 4.93. The molecule has 0 amide bonds. The zero-order valence-electron chi connectivity index (χ0n) is 10.1. The Hall–Kier alpha value is -0.0400. The van der Waals surface area contributed by atoms with Crippen LogP contribution in [0.25, 0.3) is 0 Å². The van der Waals surface area contributed by atoms with Crippen molar-refractivity contribution in [2.45, 2.75) is 57.9 Å². The van der Waals surface area contributed by atoms with Crippen LogP contribution in [0, 0.1) is 11.8 Å². The number of hydrogen-bond donors (Lipinski definition) is 0. The van der Waals surface area contributed by atoms with Crippen molar-refractivity contribution in [2.75, 3.05) is 13.6 Å². The predicted molar refractivity (Wildman–Crippen MR) is 61.4 cm³/mol. The molecule has 0 aromatic carbocycles. The number of nitrogens with zero attached hydrogens (tertiary/aromatic N) is 1. The molecule has 1 heterocycles. The fourth-order valence-electron chi connectivity index (χ4n) is 3.40. The summed E-state index contributed by atoms with van der Waals surface area (Å²) in [6, 6.07) is 0. The first-order chi connectivity index (χ1) is 6.68. The van der Waals surface area contributed by atoms with Crippen LogP contribution >= 0.6 is 0 Å². The van der Waals surface area contributed by atoms with Crippen molar-refractivity contribution < 1.29 is 0 Å². The van der Waals surface area contributed by atoms with Crippen LogP contribution < -0.4 is 0 Å². The number of hydrogen-bond acceptors (Lipinski definition) is 1. The lowest BCUT2D eigenvalue weighted by atomic mass is 9.60. The van der Waals surface area contributed by atoms with Gasteiger partial charge in [-0.15, -0.1) is 0 Å². The van der Waals surface area contributed by atoms with Gasteiger partial charge in [-0.2, -0.15) is 0 Å². The van der Waals surface area contributed by atoms with Crippen molar-refractivity contribution in [3.63, 3.8) is 0 Å². The Morgan fingerprint density at radius 3 is 2.64 bits per heavy atom. The van der Waals surface area contributed by atoms with Crippen molar-refractivity contribution in [1.29, 1.82) is 0 Å². The molecule has 1 saturated heterocycles. The van der Waals surface area contributed by atoms with Crippen LogP contribution in [0.1, 0.15) is 52.4 Å². The molecule has 2 fully saturated rings. The van der Waals surface area contributed by atoms with Crippen LogP contribution in [0.4, 0.5) is 0 Å². The maximum Gasteiger partial charge on any atom is 0.0212 e. The zero-order chi connectivity index (χ0) is 10.2. The quantitative estimate of drug-likeness (QED) is 0.653. The second-order valence-corrected chi connectivity index (χ2v) is 5.66. The second-order valence-electron chi connectivity index (χ2n) is 5.66. The molecule has 1 saturated carbocycles. The molecule has 1 aliphatic heterocycles. The molecule has 0 N–H and O–H groups in total. The normalized spacial score (nSPS) is 40.9. The minimum Gasteiger partial charge on any atom is -0.301 e. The first-order valence-electron chi connectivity index (χ1n) is 6.39. The summed E-state index contributed by atoms with van der Waals surface area (Å²) in [5.41, 5.74) is 0.645. The average Bonchev–Trinajstić information content (AvgIpc) is 2.14. The summed E-state index contributed by atoms with van der Waals surface area (Å²) in [5, 5.41) is 0. The van der Waals surface area contributed by atoms with Crippen LogP contribution in [0.2, 0.25) is 0 Å². The van der Waals surface area contributed by atoms with E-state index in [0.717, 1.165) is 11.8 Å². The summed E-state index contributed by atoms with van der Waals surface area (Å²) in [6.45, 7) is 6.10. The minimum absolute atomic E-state index is 0.645. The fourth-order valence-corrected chi connectivity index (χ4v) is 3.40. The van der Waals surface area contributed by atoms with Gasteiger partial charge in [0, 0.05) is 5.54 Å². The third kappa shape index (κ3) is 1.60. The lowest BCUT2D eigenvalue weighted by molar-refractivity contribution is -0.0544. The van der Waals surface area contributed by atoms with Gasteiger partial charge in [0.2, 0.25) is 0 Å². The smallest absolute Gasteiger partial charge is 0.0212 e. The number of rotatable bonds is 2. The highest BCUT2D eigenvalue weighted by atomic mass is 15.2. The predicted octanol–water partition coefficient (Wildman–Crippen LogP) is 3.30. The van der Waals surface area contributed by atoms with Gasteiger partial charge in [0.1, 0.15) is 0 Å². The topological polar surface area (TPSA) is 3.24 Å². The molecule has 0 aromatic heterocycles. The Balaban J connectivity index is 1.89. The van der Waals surface area contributed by atoms with E-state index in [1.807, 2.05) is 0 Å². The molecule has 1 heteroatoms. The van der Waals surface area contributed by atoms with Gasteiger partial charge in [-0.1, -0.05) is 26.7 Å². The van der Waals surface area contributed by atoms with Crippen LogP contribution in [-0.2, 0) is 0 Å². The van der Waals surface area contributed by atoms with Crippen molar-refractivity contribution >= 4 is 0 Å². The lowest BCUT2D eigenvalue weighted by Crippen LogP contribution is -2.59. The van der Waals surface area contributed by atoms with E-state index in [4.69, 9.17) is 0 Å². The Morgan fingerprint density at radius 2 is 2.07 bits per heavy atom. The molecule has 14 heavy (non-hydrogen) atoms. The Morgan fingerprint density at radius 1 is 1.36 bits per heavy atom. The van der Waals surface area contributed by atoms with Gasteiger partial charge in [0.15, 0.2) is 0 Å². The zero-order valence-corrected chi connectivity index (χ0v) is 10.1. The molecule has 1 spiro atoms. The maximum atomic E-state index is 2.65. The van der Waals surface area contributed by atoms with Crippen LogP contribution in [0.5, 0.6) is 0 Å². The van der Waals surface area contributed by atoms with Gasteiger partial charge in [0.25, 0.3) is 0 Å². The highest BCUT2D eigenvalue weighted by Gasteiger charge is 2.48. The summed E-state index contributed by atoms with van der Waals surface area (Å²) in [6.07, 6.45) is 8.70. The summed E-state index contributed by atoms with van der Waals surface area (Å²) in [4.78, 5) is 2.65. The SMILES string of the molecule is CCC(C)C1CC2(CCCCN2C)C1. The van der Waals surface area contributed by atoms with Crippen molar-refractivity contribution in [3.8, 4) is 0 Å². The molecular formula is C13H25N. The highest BCUT2D eigenvalue weighted by Crippen LogP contribution is 2.50. The number of piperidine rings is 1. The van der Waals surface area contributed by atoms with Crippen LogP contribution in [0.3, 0.4) is 0 Å². The molecule has 1 nitrogen and oxygen atoms in total. The van der Waals surface area contributed by atoms with E-state index in [0.29, 0.717) is 5.54 Å². The van der Waals surface area contributed by atoms with Gasteiger partial charge in [-0.25, -0.2) is 0 Å². The standard InChI is InChI=1S/C13H25N/c1-4-11(2)12-9-13(10-12)7-5-6-8-14(13)3/h11-12H,4-10H2,1-3H3. The fraction of sp³-hybridized carbons (Fsp3) is 1.00. The molecule has 0 bridgehead atoms. The maximum absolute atomic E-state index is 2.65. The summed E-state index contributed by atoms with van der Waals surface area (Å²) in [5.74, 6) is 1.98. The Bertz CT molecular complexity index is 193. The molecule has 0 radical (unpaired) electrons. The molecule has 1 unspecified atom stereocenters. The molecule has 1 atom stereocenters. The van der Waals surface area contributed by atoms with E-state index < -0.39 is 0 Å². The van der Waals surface area contributed by atoms with E-state index in [2.05, 4.69) is 25.8 Å². The second kappa shape index (κ2) is 3.84. The van der Waals surface area contributed by atoms with Gasteiger partial charge in [-0.05, 0) is 51.1 Å². The highest BCUT2D eigenvalue weighted by molar-refractivity contribution is 5.04. The molecular weight excluding hydrogens is 170 g/mol. The summed E-state index contributed by atoms with van der Waals surface area (Å²) >= 11 is 0. The minimum atomic E-state index is 0.645. The van der Waals surface area contributed by atoms with Gasteiger partial charge in [-0.3, -0.25) is 0 Å². The van der Waals surface area contributed by atoms with Gasteiger partial charge >= 0.3 is 0 Å². The van der Waals surface area contributed by atoms with E-state index in [1.54, 1.807) is 0 Å². The first kappa shape index (κ1) is 10.5.